The van der Waals surface area contributed by atoms with E-state index >= 15 is 0 Å². The molecular formula is C13H17BrFNO4S. The fraction of sp³-hybridized carbons (Fsp3) is 0.462. The Morgan fingerprint density at radius 3 is 2.43 bits per heavy atom. The summed E-state index contributed by atoms with van der Waals surface area (Å²) in [6.07, 6.45) is 0. The number of hydrogen-bond donors (Lipinski definition) is 1. The molecular weight excluding hydrogens is 365 g/mol. The second kappa shape index (κ2) is 6.41. The van der Waals surface area contributed by atoms with Gasteiger partial charge in [-0.25, -0.2) is 12.8 Å². The van der Waals surface area contributed by atoms with Gasteiger partial charge in [-0.3, -0.25) is 4.79 Å². The van der Waals surface area contributed by atoms with Gasteiger partial charge in [0.15, 0.2) is 0 Å². The SMILES string of the molecule is C[C@H](NS(=O)(=O)c1ccc(Br)cc1F)C(=O)OC(C)(C)C. The van der Waals surface area contributed by atoms with Crippen LogP contribution in [0.3, 0.4) is 0 Å². The van der Waals surface area contributed by atoms with Crippen LogP contribution in [0.1, 0.15) is 27.7 Å². The molecule has 1 atom stereocenters. The summed E-state index contributed by atoms with van der Waals surface area (Å²) in [6.45, 7) is 6.34. The molecule has 0 aliphatic carbocycles. The number of sulfonamides is 1. The van der Waals surface area contributed by atoms with Crippen LogP contribution in [0, 0.1) is 5.82 Å². The lowest BCUT2D eigenvalue weighted by Gasteiger charge is -2.22. The zero-order valence-electron chi connectivity index (χ0n) is 12.1. The van der Waals surface area contributed by atoms with E-state index in [-0.39, 0.29) is 0 Å². The van der Waals surface area contributed by atoms with E-state index in [9.17, 15) is 17.6 Å². The molecule has 118 valence electrons. The molecule has 0 aromatic heterocycles. The molecule has 1 aromatic rings. The van der Waals surface area contributed by atoms with Gasteiger partial charge >= 0.3 is 5.97 Å². The molecule has 0 spiro atoms. The Bertz CT molecular complexity index is 640. The van der Waals surface area contributed by atoms with Crippen LogP contribution in [-0.2, 0) is 19.6 Å². The van der Waals surface area contributed by atoms with Crippen molar-refractivity contribution in [3.8, 4) is 0 Å². The highest BCUT2D eigenvalue weighted by molar-refractivity contribution is 9.10. The largest absolute Gasteiger partial charge is 0.459 e. The minimum atomic E-state index is -4.15. The standard InChI is InChI=1S/C13H17BrFNO4S/c1-8(12(17)20-13(2,3)4)16-21(18,19)11-6-5-9(14)7-10(11)15/h5-8,16H,1-4H3/t8-/m0/s1. The van der Waals surface area contributed by atoms with Crippen molar-refractivity contribution in [1.29, 1.82) is 0 Å². The van der Waals surface area contributed by atoms with Gasteiger partial charge in [-0.1, -0.05) is 15.9 Å². The van der Waals surface area contributed by atoms with Crippen molar-refractivity contribution in [3.05, 3.63) is 28.5 Å². The van der Waals surface area contributed by atoms with Crippen molar-refractivity contribution in [2.45, 2.75) is 44.2 Å². The molecule has 0 unspecified atom stereocenters. The molecule has 0 amide bonds. The van der Waals surface area contributed by atoms with Crippen molar-refractivity contribution < 1.29 is 22.3 Å². The summed E-state index contributed by atoms with van der Waals surface area (Å²) < 4.78 is 45.4. The third-order valence-corrected chi connectivity index (χ3v) is 4.34. The molecule has 8 heteroatoms. The molecule has 0 aliphatic rings. The molecule has 0 saturated heterocycles. The van der Waals surface area contributed by atoms with E-state index in [2.05, 4.69) is 20.7 Å². The van der Waals surface area contributed by atoms with E-state index in [0.29, 0.717) is 4.47 Å². The molecule has 0 aliphatic heterocycles. The fourth-order valence-electron chi connectivity index (χ4n) is 1.43. The lowest BCUT2D eigenvalue weighted by Crippen LogP contribution is -2.42. The van der Waals surface area contributed by atoms with Crippen LogP contribution in [0.5, 0.6) is 0 Å². The third-order valence-electron chi connectivity index (χ3n) is 2.28. The summed E-state index contributed by atoms with van der Waals surface area (Å²) in [7, 11) is -4.15. The first-order chi connectivity index (χ1) is 9.42. The van der Waals surface area contributed by atoms with Gasteiger partial charge in [-0.15, -0.1) is 0 Å². The zero-order valence-corrected chi connectivity index (χ0v) is 14.5. The average molecular weight is 382 g/mol. The zero-order chi connectivity index (χ0) is 16.4. The summed E-state index contributed by atoms with van der Waals surface area (Å²) in [4.78, 5) is 11.2. The third kappa shape index (κ3) is 5.37. The highest BCUT2D eigenvalue weighted by Crippen LogP contribution is 2.19. The minimum absolute atomic E-state index is 0.416. The number of carbonyl (C=O) groups excluding carboxylic acids is 1. The minimum Gasteiger partial charge on any atom is -0.459 e. The molecule has 0 heterocycles. The number of benzene rings is 1. The Kier molecular flexibility index (Phi) is 5.51. The average Bonchev–Trinajstić information content (AvgIpc) is 2.24. The predicted molar refractivity (Wildman–Crippen MR) is 79.7 cm³/mol. The van der Waals surface area contributed by atoms with Crippen LogP contribution in [0.2, 0.25) is 0 Å². The molecule has 1 aromatic carbocycles. The van der Waals surface area contributed by atoms with Crippen molar-refractivity contribution in [2.24, 2.45) is 0 Å². The Morgan fingerprint density at radius 1 is 1.38 bits per heavy atom. The van der Waals surface area contributed by atoms with Gasteiger partial charge in [0.25, 0.3) is 0 Å². The van der Waals surface area contributed by atoms with Crippen molar-refractivity contribution in [3.63, 3.8) is 0 Å². The molecule has 1 rings (SSSR count). The van der Waals surface area contributed by atoms with Gasteiger partial charge in [0.1, 0.15) is 22.4 Å². The van der Waals surface area contributed by atoms with E-state index in [1.54, 1.807) is 20.8 Å². The van der Waals surface area contributed by atoms with E-state index in [1.807, 2.05) is 0 Å². The van der Waals surface area contributed by atoms with E-state index < -0.39 is 38.3 Å². The van der Waals surface area contributed by atoms with Crippen LogP contribution in [0.25, 0.3) is 0 Å². The number of ether oxygens (including phenoxy) is 1. The Balaban J connectivity index is 2.92. The first-order valence-corrected chi connectivity index (χ1v) is 8.40. The van der Waals surface area contributed by atoms with Crippen LogP contribution >= 0.6 is 15.9 Å². The van der Waals surface area contributed by atoms with Gasteiger partial charge in [-0.05, 0) is 45.9 Å². The highest BCUT2D eigenvalue weighted by atomic mass is 79.9. The topological polar surface area (TPSA) is 72.5 Å². The Labute approximate surface area is 132 Å². The van der Waals surface area contributed by atoms with Crippen molar-refractivity contribution in [1.82, 2.24) is 4.72 Å². The second-order valence-electron chi connectivity index (χ2n) is 5.45. The van der Waals surface area contributed by atoms with Crippen LogP contribution < -0.4 is 4.72 Å². The lowest BCUT2D eigenvalue weighted by molar-refractivity contribution is -0.156. The Hall–Kier alpha value is -0.990. The van der Waals surface area contributed by atoms with Crippen LogP contribution in [0.4, 0.5) is 4.39 Å². The van der Waals surface area contributed by atoms with Gasteiger partial charge in [0.2, 0.25) is 10.0 Å². The molecule has 0 fully saturated rings. The van der Waals surface area contributed by atoms with Crippen molar-refractivity contribution in [2.75, 3.05) is 0 Å². The first-order valence-electron chi connectivity index (χ1n) is 6.12. The number of halogens is 2. The predicted octanol–water partition coefficient (Wildman–Crippen LogP) is 2.60. The van der Waals surface area contributed by atoms with Crippen LogP contribution in [0.15, 0.2) is 27.6 Å². The number of rotatable bonds is 4. The van der Waals surface area contributed by atoms with Gasteiger partial charge in [0.05, 0.1) is 0 Å². The molecule has 0 bridgehead atoms. The maximum absolute atomic E-state index is 13.7. The van der Waals surface area contributed by atoms with Crippen molar-refractivity contribution >= 4 is 31.9 Å². The number of esters is 1. The second-order valence-corrected chi connectivity index (χ2v) is 8.05. The molecule has 21 heavy (non-hydrogen) atoms. The maximum atomic E-state index is 13.7. The summed E-state index contributed by atoms with van der Waals surface area (Å²) >= 11 is 3.04. The molecule has 5 nitrogen and oxygen atoms in total. The molecule has 1 N–H and O–H groups in total. The smallest absolute Gasteiger partial charge is 0.324 e. The Morgan fingerprint density at radius 2 is 1.95 bits per heavy atom. The van der Waals surface area contributed by atoms with Gasteiger partial charge in [0, 0.05) is 4.47 Å². The van der Waals surface area contributed by atoms with E-state index in [1.165, 1.54) is 13.0 Å². The first kappa shape index (κ1) is 18.1. The summed E-state index contributed by atoms with van der Waals surface area (Å²) in [5, 5.41) is 0. The molecule has 0 radical (unpaired) electrons. The highest BCUT2D eigenvalue weighted by Gasteiger charge is 2.28. The summed E-state index contributed by atoms with van der Waals surface area (Å²) in [5.74, 6) is -1.64. The lowest BCUT2D eigenvalue weighted by atomic mass is 10.2. The normalized spacial score (nSPS) is 13.8. The summed E-state index contributed by atoms with van der Waals surface area (Å²) in [6, 6.07) is 2.42. The maximum Gasteiger partial charge on any atom is 0.324 e. The van der Waals surface area contributed by atoms with Crippen LogP contribution in [-0.4, -0.2) is 26.0 Å². The number of hydrogen-bond acceptors (Lipinski definition) is 4. The van der Waals surface area contributed by atoms with E-state index in [4.69, 9.17) is 4.74 Å². The fourth-order valence-corrected chi connectivity index (χ4v) is 3.01. The monoisotopic (exact) mass is 381 g/mol. The summed E-state index contributed by atoms with van der Waals surface area (Å²) in [5.41, 5.74) is -0.736. The molecule has 0 saturated carbocycles. The number of carbonyl (C=O) groups is 1. The van der Waals surface area contributed by atoms with Gasteiger partial charge in [-0.2, -0.15) is 4.72 Å². The van der Waals surface area contributed by atoms with Gasteiger partial charge < -0.3 is 4.74 Å². The van der Waals surface area contributed by atoms with E-state index in [0.717, 1.165) is 12.1 Å². The number of nitrogens with one attached hydrogen (secondary N) is 1. The quantitative estimate of drug-likeness (QED) is 0.813.